The molecular weight excluding hydrogens is 556 g/mol. The maximum atomic E-state index is 2.38. The third kappa shape index (κ3) is 5.44. The molecule has 222 valence electrons. The van der Waals surface area contributed by atoms with Crippen LogP contribution in [0.4, 0.5) is 17.1 Å². The lowest BCUT2D eigenvalue weighted by molar-refractivity contribution is 0.881. The van der Waals surface area contributed by atoms with Gasteiger partial charge in [-0.1, -0.05) is 121 Å². The predicted molar refractivity (Wildman–Crippen MR) is 195 cm³/mol. The monoisotopic (exact) mass is 592 g/mol. The van der Waals surface area contributed by atoms with Gasteiger partial charge in [0.15, 0.2) is 0 Å². The van der Waals surface area contributed by atoms with Crippen LogP contribution in [0.15, 0.2) is 164 Å². The number of fused-ring (bicyclic) bond motifs is 1. The second-order valence-corrected chi connectivity index (χ2v) is 12.0. The van der Waals surface area contributed by atoms with E-state index in [0.717, 1.165) is 42.7 Å². The van der Waals surface area contributed by atoms with Gasteiger partial charge in [0.2, 0.25) is 0 Å². The molecule has 0 N–H and O–H groups in total. The summed E-state index contributed by atoms with van der Waals surface area (Å²) in [4.78, 5) is 2.36. The van der Waals surface area contributed by atoms with Crippen molar-refractivity contribution in [3.05, 3.63) is 175 Å². The fourth-order valence-electron chi connectivity index (χ4n) is 6.76. The number of aryl methyl sites for hydroxylation is 1. The molecule has 0 saturated carbocycles. The zero-order valence-electron chi connectivity index (χ0n) is 25.9. The Hall–Kier alpha value is -5.60. The van der Waals surface area contributed by atoms with Crippen molar-refractivity contribution in [1.82, 2.24) is 4.57 Å². The molecule has 0 amide bonds. The van der Waals surface area contributed by atoms with Gasteiger partial charge in [0.1, 0.15) is 0 Å². The van der Waals surface area contributed by atoms with Gasteiger partial charge in [-0.05, 0) is 102 Å². The molecule has 2 nitrogen and oxygen atoms in total. The maximum Gasteiger partial charge on any atom is 0.0603 e. The van der Waals surface area contributed by atoms with Crippen molar-refractivity contribution < 1.29 is 0 Å². The molecule has 0 bridgehead atoms. The molecule has 5 aromatic carbocycles. The fourth-order valence-corrected chi connectivity index (χ4v) is 6.76. The molecule has 1 aliphatic heterocycles. The maximum absolute atomic E-state index is 2.38. The molecule has 0 unspecified atom stereocenters. The normalized spacial score (nSPS) is 13.7. The summed E-state index contributed by atoms with van der Waals surface area (Å²) in [5, 5.41) is 0. The number of nitrogens with zero attached hydrogens (tertiary/aromatic N) is 2. The Morgan fingerprint density at radius 3 is 1.65 bits per heavy atom. The Balaban J connectivity index is 1.20. The number of aromatic nitrogens is 1. The summed E-state index contributed by atoms with van der Waals surface area (Å²) in [6.07, 6.45) is 15.8. The van der Waals surface area contributed by atoms with Gasteiger partial charge in [-0.25, -0.2) is 0 Å². The summed E-state index contributed by atoms with van der Waals surface area (Å²) >= 11 is 0. The molecule has 46 heavy (non-hydrogen) atoms. The van der Waals surface area contributed by atoms with Gasteiger partial charge in [-0.3, -0.25) is 0 Å². The van der Waals surface area contributed by atoms with Crippen LogP contribution in [0.3, 0.4) is 0 Å². The highest BCUT2D eigenvalue weighted by Gasteiger charge is 2.20. The molecule has 0 radical (unpaired) electrons. The quantitative estimate of drug-likeness (QED) is 0.179. The smallest absolute Gasteiger partial charge is 0.0603 e. The van der Waals surface area contributed by atoms with Crippen molar-refractivity contribution in [1.29, 1.82) is 0 Å². The first-order valence-electron chi connectivity index (χ1n) is 16.3. The predicted octanol–water partition coefficient (Wildman–Crippen LogP) is 12.1. The Labute approximate surface area is 271 Å². The molecule has 2 heteroatoms. The van der Waals surface area contributed by atoms with Crippen molar-refractivity contribution in [2.75, 3.05) is 4.90 Å². The minimum atomic E-state index is 1.06. The molecule has 2 heterocycles. The van der Waals surface area contributed by atoms with E-state index < -0.39 is 0 Å². The standard InChI is InChI=1S/C44H36N2/c1-4-12-33(13-5-1)35-19-25-39(26-20-35)46(40-27-21-36(22-28-40)34-14-6-2-7-15-34)41-29-23-38(24-30-41)44-43(37-16-8-3-9-17-37)32-42-18-10-11-31-45(42)44/h1,3-6,8-9,11-17,19-32H,2,7,10,18H2. The number of hydrogen-bond acceptors (Lipinski definition) is 1. The van der Waals surface area contributed by atoms with Gasteiger partial charge in [0.05, 0.1) is 5.69 Å². The molecule has 0 atom stereocenters. The summed E-state index contributed by atoms with van der Waals surface area (Å²) in [7, 11) is 0. The molecular formula is C44H36N2. The van der Waals surface area contributed by atoms with Crippen LogP contribution in [-0.2, 0) is 6.42 Å². The molecule has 6 aromatic rings. The van der Waals surface area contributed by atoms with E-state index in [4.69, 9.17) is 0 Å². The van der Waals surface area contributed by atoms with E-state index in [-0.39, 0.29) is 0 Å². The van der Waals surface area contributed by atoms with E-state index in [2.05, 4.69) is 179 Å². The van der Waals surface area contributed by atoms with Crippen molar-refractivity contribution >= 4 is 28.8 Å². The van der Waals surface area contributed by atoms with Gasteiger partial charge in [-0.15, -0.1) is 0 Å². The van der Waals surface area contributed by atoms with E-state index in [1.54, 1.807) is 0 Å². The van der Waals surface area contributed by atoms with Crippen LogP contribution in [-0.4, -0.2) is 4.57 Å². The molecule has 8 rings (SSSR count). The van der Waals surface area contributed by atoms with Crippen molar-refractivity contribution in [3.63, 3.8) is 0 Å². The second kappa shape index (κ2) is 12.4. The van der Waals surface area contributed by atoms with Gasteiger partial charge in [0.25, 0.3) is 0 Å². The van der Waals surface area contributed by atoms with Gasteiger partial charge in [-0.2, -0.15) is 0 Å². The lowest BCUT2D eigenvalue weighted by Crippen LogP contribution is -2.10. The molecule has 1 aliphatic carbocycles. The SMILES string of the molecule is C1=CC(c2ccc(N(c3ccc(-c4ccccc4)cc3)c3ccc(-c4c(-c5ccccc5)cc5n4C=CCC5)cc3)cc2)=CCC1. The van der Waals surface area contributed by atoms with Crippen molar-refractivity contribution in [3.8, 4) is 33.5 Å². The minimum absolute atomic E-state index is 1.06. The average molecular weight is 593 g/mol. The Bertz CT molecular complexity index is 2040. The number of anilines is 3. The van der Waals surface area contributed by atoms with Gasteiger partial charge < -0.3 is 9.47 Å². The van der Waals surface area contributed by atoms with E-state index in [1.165, 1.54) is 50.3 Å². The van der Waals surface area contributed by atoms with Crippen molar-refractivity contribution in [2.45, 2.75) is 25.7 Å². The van der Waals surface area contributed by atoms with E-state index in [9.17, 15) is 0 Å². The van der Waals surface area contributed by atoms with Crippen LogP contribution < -0.4 is 4.90 Å². The topological polar surface area (TPSA) is 8.17 Å². The summed E-state index contributed by atoms with van der Waals surface area (Å²) in [5.41, 5.74) is 14.8. The summed E-state index contributed by atoms with van der Waals surface area (Å²) in [6, 6.07) is 50.7. The lowest BCUT2D eigenvalue weighted by atomic mass is 9.99. The van der Waals surface area contributed by atoms with Gasteiger partial charge >= 0.3 is 0 Å². The molecule has 0 fully saturated rings. The number of benzene rings is 5. The third-order valence-electron chi connectivity index (χ3n) is 9.11. The molecule has 0 spiro atoms. The first-order chi connectivity index (χ1) is 22.8. The van der Waals surface area contributed by atoms with Crippen LogP contribution in [0.25, 0.3) is 45.3 Å². The van der Waals surface area contributed by atoms with E-state index in [1.807, 2.05) is 0 Å². The van der Waals surface area contributed by atoms with Crippen LogP contribution in [0.1, 0.15) is 30.5 Å². The largest absolute Gasteiger partial charge is 0.320 e. The van der Waals surface area contributed by atoms with Crippen LogP contribution in [0, 0.1) is 0 Å². The lowest BCUT2D eigenvalue weighted by Gasteiger charge is -2.26. The molecule has 0 saturated heterocycles. The highest BCUT2D eigenvalue weighted by Crippen LogP contribution is 2.41. The fraction of sp³-hybridized carbons (Fsp3) is 0.0909. The Kier molecular flexibility index (Phi) is 7.54. The number of rotatable bonds is 7. The van der Waals surface area contributed by atoms with E-state index in [0.29, 0.717) is 0 Å². The van der Waals surface area contributed by atoms with E-state index >= 15 is 0 Å². The number of allylic oxidation sites excluding steroid dienone is 5. The number of hydrogen-bond donors (Lipinski definition) is 0. The summed E-state index contributed by atoms with van der Waals surface area (Å²) < 4.78 is 2.38. The highest BCUT2D eigenvalue weighted by molar-refractivity contribution is 5.86. The third-order valence-corrected chi connectivity index (χ3v) is 9.11. The summed E-state index contributed by atoms with van der Waals surface area (Å²) in [5.74, 6) is 0. The zero-order valence-corrected chi connectivity index (χ0v) is 25.9. The minimum Gasteiger partial charge on any atom is -0.320 e. The Morgan fingerprint density at radius 1 is 0.478 bits per heavy atom. The molecule has 1 aromatic heterocycles. The highest BCUT2D eigenvalue weighted by atomic mass is 15.1. The molecule has 2 aliphatic rings. The van der Waals surface area contributed by atoms with Crippen LogP contribution >= 0.6 is 0 Å². The zero-order chi connectivity index (χ0) is 30.7. The second-order valence-electron chi connectivity index (χ2n) is 12.0. The Morgan fingerprint density at radius 2 is 1.04 bits per heavy atom. The summed E-state index contributed by atoms with van der Waals surface area (Å²) in [6.45, 7) is 0. The first kappa shape index (κ1) is 27.9. The van der Waals surface area contributed by atoms with Gasteiger partial charge in [0, 0.05) is 34.5 Å². The average Bonchev–Trinajstić information content (AvgIpc) is 3.54. The first-order valence-corrected chi connectivity index (χ1v) is 16.3. The van der Waals surface area contributed by atoms with Crippen LogP contribution in [0.2, 0.25) is 0 Å². The van der Waals surface area contributed by atoms with Crippen LogP contribution in [0.5, 0.6) is 0 Å². The van der Waals surface area contributed by atoms with Crippen molar-refractivity contribution in [2.24, 2.45) is 0 Å².